The molecular weight excluding hydrogens is 319 g/mol. The average molecular weight is 330 g/mol. The van der Waals surface area contributed by atoms with Crippen LogP contribution in [0.3, 0.4) is 0 Å². The highest BCUT2D eigenvalue weighted by Crippen LogP contribution is 2.12. The minimum absolute atomic E-state index is 0.0331. The molecular formula is C12H11FN2O4S2. The average Bonchev–Trinajstić information content (AvgIpc) is 2.88. The molecule has 0 radical (unpaired) electrons. The van der Waals surface area contributed by atoms with E-state index in [1.54, 1.807) is 0 Å². The number of halogens is 1. The first-order chi connectivity index (χ1) is 9.88. The Morgan fingerprint density at radius 3 is 2.57 bits per heavy atom. The molecule has 2 N–H and O–H groups in total. The predicted octanol–water partition coefficient (Wildman–Crippen LogP) is 1.50. The maximum absolute atomic E-state index is 12.7. The van der Waals surface area contributed by atoms with Gasteiger partial charge < -0.3 is 5.11 Å². The van der Waals surface area contributed by atoms with Crippen LogP contribution in [0.2, 0.25) is 0 Å². The second-order valence-electron chi connectivity index (χ2n) is 4.03. The van der Waals surface area contributed by atoms with Crippen molar-refractivity contribution in [1.82, 2.24) is 9.71 Å². The Hall–Kier alpha value is -1.84. The van der Waals surface area contributed by atoms with E-state index in [0.29, 0.717) is 5.01 Å². The number of carboxylic acids is 1. The van der Waals surface area contributed by atoms with Crippen LogP contribution in [0.4, 0.5) is 4.39 Å². The van der Waals surface area contributed by atoms with E-state index in [9.17, 15) is 17.6 Å². The summed E-state index contributed by atoms with van der Waals surface area (Å²) in [6.07, 6.45) is 0.276. The minimum atomic E-state index is -3.71. The number of benzene rings is 1. The fraction of sp³-hybridized carbons (Fsp3) is 0.167. The Morgan fingerprint density at radius 1 is 1.33 bits per heavy atom. The van der Waals surface area contributed by atoms with Crippen molar-refractivity contribution >= 4 is 27.3 Å². The van der Waals surface area contributed by atoms with Gasteiger partial charge in [0.25, 0.3) is 0 Å². The first-order valence-electron chi connectivity index (χ1n) is 5.81. The Bertz CT molecular complexity index is 741. The number of nitrogens with one attached hydrogen (secondary N) is 1. The van der Waals surface area contributed by atoms with Crippen LogP contribution in [0.15, 0.2) is 34.5 Å². The Kier molecular flexibility index (Phi) is 4.66. The van der Waals surface area contributed by atoms with Gasteiger partial charge in [-0.05, 0) is 24.3 Å². The smallest absolute Gasteiger partial charge is 0.355 e. The van der Waals surface area contributed by atoms with Gasteiger partial charge in [0.1, 0.15) is 5.82 Å². The molecule has 0 amide bonds. The molecule has 2 aromatic rings. The largest absolute Gasteiger partial charge is 0.476 e. The number of sulfonamides is 1. The molecule has 0 saturated carbocycles. The van der Waals surface area contributed by atoms with Crippen molar-refractivity contribution in [2.45, 2.75) is 11.3 Å². The molecule has 1 heterocycles. The summed E-state index contributed by atoms with van der Waals surface area (Å²) in [6.45, 7) is 0.0757. The normalized spacial score (nSPS) is 11.5. The molecule has 0 aliphatic heterocycles. The fourth-order valence-electron chi connectivity index (χ4n) is 1.51. The molecule has 9 heteroatoms. The molecule has 2 rings (SSSR count). The van der Waals surface area contributed by atoms with Crippen molar-refractivity contribution < 1.29 is 22.7 Å². The number of rotatable bonds is 6. The number of hydrogen-bond acceptors (Lipinski definition) is 5. The number of aromatic nitrogens is 1. The highest BCUT2D eigenvalue weighted by molar-refractivity contribution is 7.89. The van der Waals surface area contributed by atoms with E-state index >= 15 is 0 Å². The molecule has 0 spiro atoms. The van der Waals surface area contributed by atoms with Crippen molar-refractivity contribution in [3.63, 3.8) is 0 Å². The summed E-state index contributed by atoms with van der Waals surface area (Å²) < 4.78 is 38.9. The Morgan fingerprint density at radius 2 is 2.00 bits per heavy atom. The lowest BCUT2D eigenvalue weighted by Gasteiger charge is -2.05. The zero-order chi connectivity index (χ0) is 15.5. The molecule has 0 saturated heterocycles. The summed E-state index contributed by atoms with van der Waals surface area (Å²) in [7, 11) is -3.71. The SMILES string of the molecule is O=C(O)c1csc(CCNS(=O)(=O)c2ccc(F)cc2)n1. The van der Waals surface area contributed by atoms with Gasteiger partial charge in [0.05, 0.1) is 9.90 Å². The Balaban J connectivity index is 1.95. The molecule has 0 fully saturated rings. The molecule has 0 aliphatic rings. The van der Waals surface area contributed by atoms with E-state index < -0.39 is 21.8 Å². The van der Waals surface area contributed by atoms with Crippen LogP contribution in [-0.2, 0) is 16.4 Å². The van der Waals surface area contributed by atoms with Gasteiger partial charge >= 0.3 is 5.97 Å². The lowest BCUT2D eigenvalue weighted by atomic mass is 10.4. The summed E-state index contributed by atoms with van der Waals surface area (Å²) in [4.78, 5) is 14.5. The van der Waals surface area contributed by atoms with E-state index in [1.165, 1.54) is 17.5 Å². The third-order valence-corrected chi connectivity index (χ3v) is 4.91. The van der Waals surface area contributed by atoms with Crippen LogP contribution in [0.1, 0.15) is 15.5 Å². The second kappa shape index (κ2) is 6.29. The fourth-order valence-corrected chi connectivity index (χ4v) is 3.32. The number of hydrogen-bond donors (Lipinski definition) is 2. The van der Waals surface area contributed by atoms with E-state index in [1.807, 2.05) is 0 Å². The van der Waals surface area contributed by atoms with Gasteiger partial charge in [-0.15, -0.1) is 11.3 Å². The van der Waals surface area contributed by atoms with Gasteiger partial charge in [0.2, 0.25) is 10.0 Å². The molecule has 1 aromatic heterocycles. The van der Waals surface area contributed by atoms with Crippen molar-refractivity contribution in [1.29, 1.82) is 0 Å². The van der Waals surface area contributed by atoms with Crippen LogP contribution in [-0.4, -0.2) is 31.0 Å². The predicted molar refractivity (Wildman–Crippen MR) is 74.4 cm³/mol. The number of nitrogens with zero attached hydrogens (tertiary/aromatic N) is 1. The van der Waals surface area contributed by atoms with Crippen LogP contribution in [0.5, 0.6) is 0 Å². The zero-order valence-corrected chi connectivity index (χ0v) is 12.2. The van der Waals surface area contributed by atoms with Crippen LogP contribution in [0, 0.1) is 5.82 Å². The highest BCUT2D eigenvalue weighted by Gasteiger charge is 2.14. The number of carboxylic acid groups (broad SMARTS) is 1. The minimum Gasteiger partial charge on any atom is -0.476 e. The van der Waals surface area contributed by atoms with Gasteiger partial charge in [-0.1, -0.05) is 0 Å². The third-order valence-electron chi connectivity index (χ3n) is 2.53. The summed E-state index contributed by atoms with van der Waals surface area (Å²) in [5.41, 5.74) is -0.0589. The quantitative estimate of drug-likeness (QED) is 0.837. The second-order valence-corrected chi connectivity index (χ2v) is 6.74. The molecule has 0 unspecified atom stereocenters. The van der Waals surface area contributed by atoms with Crippen molar-refractivity contribution in [3.05, 3.63) is 46.2 Å². The van der Waals surface area contributed by atoms with Crippen LogP contribution in [0.25, 0.3) is 0 Å². The first kappa shape index (κ1) is 15.5. The molecule has 21 heavy (non-hydrogen) atoms. The highest BCUT2D eigenvalue weighted by atomic mass is 32.2. The Labute approximate surface area is 124 Å². The van der Waals surface area contributed by atoms with E-state index in [-0.39, 0.29) is 23.6 Å². The van der Waals surface area contributed by atoms with Crippen LogP contribution >= 0.6 is 11.3 Å². The van der Waals surface area contributed by atoms with Crippen LogP contribution < -0.4 is 4.72 Å². The topological polar surface area (TPSA) is 96.4 Å². The third kappa shape index (κ3) is 4.06. The van der Waals surface area contributed by atoms with Crippen molar-refractivity contribution in [2.24, 2.45) is 0 Å². The molecule has 112 valence electrons. The number of thiazole rings is 1. The molecule has 0 atom stereocenters. The zero-order valence-electron chi connectivity index (χ0n) is 10.6. The van der Waals surface area contributed by atoms with Gasteiger partial charge in [0.15, 0.2) is 5.69 Å². The number of carbonyl (C=O) groups is 1. The molecule has 1 aromatic carbocycles. The first-order valence-corrected chi connectivity index (χ1v) is 8.18. The van der Waals surface area contributed by atoms with Gasteiger partial charge in [-0.25, -0.2) is 27.3 Å². The van der Waals surface area contributed by atoms with Crippen molar-refractivity contribution in [2.75, 3.05) is 6.54 Å². The van der Waals surface area contributed by atoms with E-state index in [4.69, 9.17) is 5.11 Å². The standard InChI is InChI=1S/C12H11FN2O4S2/c13-8-1-3-9(4-2-8)21(18,19)14-6-5-11-15-10(7-20-11)12(16)17/h1-4,7,14H,5-6H2,(H,16,17). The van der Waals surface area contributed by atoms with E-state index in [2.05, 4.69) is 9.71 Å². The molecule has 6 nitrogen and oxygen atoms in total. The summed E-state index contributed by atoms with van der Waals surface area (Å²) in [6, 6.07) is 4.47. The van der Waals surface area contributed by atoms with E-state index in [0.717, 1.165) is 23.5 Å². The lowest BCUT2D eigenvalue weighted by Crippen LogP contribution is -2.26. The summed E-state index contributed by atoms with van der Waals surface area (Å²) in [5.74, 6) is -1.64. The number of aromatic carboxylic acids is 1. The van der Waals surface area contributed by atoms with Gasteiger partial charge in [-0.2, -0.15) is 0 Å². The van der Waals surface area contributed by atoms with Crippen molar-refractivity contribution in [3.8, 4) is 0 Å². The lowest BCUT2D eigenvalue weighted by molar-refractivity contribution is 0.0691. The maximum Gasteiger partial charge on any atom is 0.355 e. The van der Waals surface area contributed by atoms with Gasteiger partial charge in [0, 0.05) is 18.3 Å². The molecule has 0 bridgehead atoms. The monoisotopic (exact) mass is 330 g/mol. The molecule has 0 aliphatic carbocycles. The maximum atomic E-state index is 12.7. The van der Waals surface area contributed by atoms with Gasteiger partial charge in [-0.3, -0.25) is 0 Å². The summed E-state index contributed by atoms with van der Waals surface area (Å²) >= 11 is 1.15. The summed E-state index contributed by atoms with van der Waals surface area (Å²) in [5, 5.41) is 10.6.